The molecule has 0 radical (unpaired) electrons. The molecule has 0 bridgehead atoms. The zero-order valence-corrected chi connectivity index (χ0v) is 11.2. The molecule has 1 rings (SSSR count). The van der Waals surface area contributed by atoms with Crippen LogP contribution in [0.4, 0.5) is 23.7 Å². The molecule has 0 unspecified atom stereocenters. The van der Waals surface area contributed by atoms with E-state index >= 15 is 0 Å². The summed E-state index contributed by atoms with van der Waals surface area (Å²) in [6.07, 6.45) is -3.52. The number of carbonyl (C=O) groups excluding carboxylic acids is 1. The Labute approximate surface area is 115 Å². The second kappa shape index (κ2) is 7.74. The van der Waals surface area contributed by atoms with Gasteiger partial charge in [-0.15, -0.1) is 0 Å². The summed E-state index contributed by atoms with van der Waals surface area (Å²) in [7, 11) is 0. The summed E-state index contributed by atoms with van der Waals surface area (Å²) in [6, 6.07) is 4.21. The Morgan fingerprint density at radius 1 is 1.15 bits per heavy atom. The van der Waals surface area contributed by atoms with Crippen LogP contribution in [0.25, 0.3) is 0 Å². The van der Waals surface area contributed by atoms with E-state index in [4.69, 9.17) is 0 Å². The Morgan fingerprint density at radius 2 is 1.85 bits per heavy atom. The van der Waals surface area contributed by atoms with E-state index in [2.05, 4.69) is 16.0 Å². The minimum Gasteiger partial charge on any atom is -0.337 e. The summed E-state index contributed by atoms with van der Waals surface area (Å²) in [6.45, 7) is 3.77. The second-order valence-corrected chi connectivity index (χ2v) is 4.17. The molecule has 0 atom stereocenters. The first-order chi connectivity index (χ1) is 9.45. The molecule has 0 aliphatic carbocycles. The van der Waals surface area contributed by atoms with E-state index < -0.39 is 17.8 Å². The van der Waals surface area contributed by atoms with E-state index in [1.165, 1.54) is 18.2 Å². The third-order valence-electron chi connectivity index (χ3n) is 2.49. The molecule has 112 valence electrons. The van der Waals surface area contributed by atoms with E-state index in [1.54, 1.807) is 0 Å². The molecular weight excluding hydrogens is 271 g/mol. The molecule has 0 fully saturated rings. The first kappa shape index (κ1) is 16.3. The lowest BCUT2D eigenvalue weighted by Gasteiger charge is -2.14. The van der Waals surface area contributed by atoms with Crippen LogP contribution in [0.15, 0.2) is 24.3 Å². The van der Waals surface area contributed by atoms with Crippen molar-refractivity contribution < 1.29 is 18.0 Å². The van der Waals surface area contributed by atoms with Gasteiger partial charge in [-0.2, -0.15) is 13.2 Å². The van der Waals surface area contributed by atoms with Crippen molar-refractivity contribution in [3.63, 3.8) is 0 Å². The topological polar surface area (TPSA) is 53.2 Å². The molecule has 4 nitrogen and oxygen atoms in total. The van der Waals surface area contributed by atoms with Crippen LogP contribution in [0.1, 0.15) is 18.9 Å². The summed E-state index contributed by atoms with van der Waals surface area (Å²) in [5, 5.41) is 7.77. The zero-order valence-electron chi connectivity index (χ0n) is 11.2. The number of hydrogen-bond acceptors (Lipinski definition) is 2. The highest BCUT2D eigenvalue weighted by molar-refractivity contribution is 5.90. The van der Waals surface area contributed by atoms with Crippen molar-refractivity contribution in [3.8, 4) is 0 Å². The number of carbonyl (C=O) groups is 1. The van der Waals surface area contributed by atoms with E-state index in [1.807, 2.05) is 6.92 Å². The maximum Gasteiger partial charge on any atom is 0.418 e. The quantitative estimate of drug-likeness (QED) is 0.705. The fraction of sp³-hybridized carbons (Fsp3) is 0.462. The van der Waals surface area contributed by atoms with Gasteiger partial charge in [-0.05, 0) is 25.1 Å². The molecule has 0 aromatic heterocycles. The Balaban J connectivity index is 2.50. The summed E-state index contributed by atoms with van der Waals surface area (Å²) in [4.78, 5) is 11.5. The van der Waals surface area contributed by atoms with Crippen molar-refractivity contribution in [2.24, 2.45) is 0 Å². The van der Waals surface area contributed by atoms with Crippen LogP contribution in [0.3, 0.4) is 0 Å². The molecule has 0 saturated carbocycles. The lowest BCUT2D eigenvalue weighted by atomic mass is 10.1. The Kier molecular flexibility index (Phi) is 6.30. The maximum absolute atomic E-state index is 12.7. The number of para-hydroxylation sites is 1. The highest BCUT2D eigenvalue weighted by Gasteiger charge is 2.33. The van der Waals surface area contributed by atoms with E-state index in [0.717, 1.165) is 19.0 Å². The van der Waals surface area contributed by atoms with Gasteiger partial charge in [0.2, 0.25) is 0 Å². The number of anilines is 1. The van der Waals surface area contributed by atoms with Crippen molar-refractivity contribution in [3.05, 3.63) is 29.8 Å². The van der Waals surface area contributed by atoms with Crippen molar-refractivity contribution in [1.29, 1.82) is 0 Å². The highest BCUT2D eigenvalue weighted by atomic mass is 19.4. The van der Waals surface area contributed by atoms with Crippen LogP contribution in [0, 0.1) is 0 Å². The number of halogens is 3. The van der Waals surface area contributed by atoms with Crippen LogP contribution in [0.5, 0.6) is 0 Å². The number of urea groups is 1. The van der Waals surface area contributed by atoms with Crippen molar-refractivity contribution in [2.75, 3.05) is 25.0 Å². The molecule has 2 amide bonds. The summed E-state index contributed by atoms with van der Waals surface area (Å²) >= 11 is 0. The molecule has 0 aliphatic heterocycles. The van der Waals surface area contributed by atoms with E-state index in [9.17, 15) is 18.0 Å². The maximum atomic E-state index is 12.7. The highest BCUT2D eigenvalue weighted by Crippen LogP contribution is 2.34. The smallest absolute Gasteiger partial charge is 0.337 e. The van der Waals surface area contributed by atoms with Crippen LogP contribution in [0.2, 0.25) is 0 Å². The molecule has 0 saturated heterocycles. The Bertz CT molecular complexity index is 435. The van der Waals surface area contributed by atoms with Crippen LogP contribution in [-0.2, 0) is 6.18 Å². The largest absolute Gasteiger partial charge is 0.418 e. The predicted octanol–water partition coefficient (Wildman–Crippen LogP) is 2.83. The number of amides is 2. The Morgan fingerprint density at radius 3 is 2.50 bits per heavy atom. The molecule has 1 aromatic carbocycles. The Hall–Kier alpha value is -1.76. The SMILES string of the molecule is CCCNCCNC(=O)Nc1ccccc1C(F)(F)F. The molecule has 1 aromatic rings. The lowest BCUT2D eigenvalue weighted by molar-refractivity contribution is -0.136. The minimum absolute atomic E-state index is 0.251. The number of hydrogen-bond donors (Lipinski definition) is 3. The number of benzene rings is 1. The molecule has 3 N–H and O–H groups in total. The summed E-state index contributed by atoms with van der Waals surface area (Å²) in [5.74, 6) is 0. The number of rotatable bonds is 6. The number of alkyl halides is 3. The molecular formula is C13H18F3N3O. The van der Waals surface area contributed by atoms with Gasteiger partial charge in [0.15, 0.2) is 0 Å². The van der Waals surface area contributed by atoms with Gasteiger partial charge in [0.25, 0.3) is 0 Å². The average Bonchev–Trinajstić information content (AvgIpc) is 2.38. The molecule has 0 spiro atoms. The van der Waals surface area contributed by atoms with Gasteiger partial charge in [-0.25, -0.2) is 4.79 Å². The first-order valence-electron chi connectivity index (χ1n) is 6.37. The van der Waals surface area contributed by atoms with Crippen molar-refractivity contribution in [2.45, 2.75) is 19.5 Å². The third kappa shape index (κ3) is 5.48. The first-order valence-corrected chi connectivity index (χ1v) is 6.37. The molecule has 0 aliphatic rings. The van der Waals surface area contributed by atoms with Crippen LogP contribution >= 0.6 is 0 Å². The van der Waals surface area contributed by atoms with Gasteiger partial charge in [0, 0.05) is 13.1 Å². The van der Waals surface area contributed by atoms with Crippen LogP contribution < -0.4 is 16.0 Å². The van der Waals surface area contributed by atoms with Gasteiger partial charge in [0.1, 0.15) is 0 Å². The number of nitrogens with one attached hydrogen (secondary N) is 3. The summed E-state index contributed by atoms with van der Waals surface area (Å²) < 4.78 is 38.1. The monoisotopic (exact) mass is 289 g/mol. The normalized spacial score (nSPS) is 11.2. The van der Waals surface area contributed by atoms with Gasteiger partial charge in [-0.3, -0.25) is 0 Å². The lowest BCUT2D eigenvalue weighted by Crippen LogP contribution is -2.35. The van der Waals surface area contributed by atoms with Gasteiger partial charge in [0.05, 0.1) is 11.3 Å². The molecule has 0 heterocycles. The average molecular weight is 289 g/mol. The standard InChI is InChI=1S/C13H18F3N3O/c1-2-7-17-8-9-18-12(20)19-11-6-4-3-5-10(11)13(14,15)16/h3-6,17H,2,7-9H2,1H3,(H2,18,19,20). The van der Waals surface area contributed by atoms with Crippen LogP contribution in [-0.4, -0.2) is 25.7 Å². The fourth-order valence-electron chi connectivity index (χ4n) is 1.57. The molecule has 7 heteroatoms. The van der Waals surface area contributed by atoms with Gasteiger partial charge in [-0.1, -0.05) is 19.1 Å². The third-order valence-corrected chi connectivity index (χ3v) is 2.49. The van der Waals surface area contributed by atoms with E-state index in [0.29, 0.717) is 13.1 Å². The molecule has 20 heavy (non-hydrogen) atoms. The van der Waals surface area contributed by atoms with Gasteiger partial charge >= 0.3 is 12.2 Å². The minimum atomic E-state index is -4.49. The van der Waals surface area contributed by atoms with E-state index in [-0.39, 0.29) is 5.69 Å². The zero-order chi connectivity index (χ0) is 15.0. The predicted molar refractivity (Wildman–Crippen MR) is 71.6 cm³/mol. The fourth-order valence-corrected chi connectivity index (χ4v) is 1.57. The van der Waals surface area contributed by atoms with Crippen molar-refractivity contribution in [1.82, 2.24) is 10.6 Å². The van der Waals surface area contributed by atoms with Gasteiger partial charge < -0.3 is 16.0 Å². The second-order valence-electron chi connectivity index (χ2n) is 4.17. The summed E-state index contributed by atoms with van der Waals surface area (Å²) in [5.41, 5.74) is -1.11. The van der Waals surface area contributed by atoms with Crippen molar-refractivity contribution >= 4 is 11.7 Å².